The van der Waals surface area contributed by atoms with Crippen LogP contribution in [-0.4, -0.2) is 23.5 Å². The molecule has 0 radical (unpaired) electrons. The van der Waals surface area contributed by atoms with E-state index in [1.165, 1.54) is 0 Å². The summed E-state index contributed by atoms with van der Waals surface area (Å²) < 4.78 is 0. The Morgan fingerprint density at radius 2 is 2.47 bits per heavy atom. The van der Waals surface area contributed by atoms with E-state index in [9.17, 15) is 9.59 Å². The standard InChI is InChI=1S/C10H13NO3S/c12-7-11-9(1-2-10(13)14)5-8-3-4-15-6-8/h3-4,6-7,9H,1-2,5H2,(H,11,12)(H,13,14). The highest BCUT2D eigenvalue weighted by Gasteiger charge is 2.10. The number of carboxylic acids is 1. The van der Waals surface area contributed by atoms with Crippen molar-refractivity contribution in [1.29, 1.82) is 0 Å². The maximum absolute atomic E-state index is 10.4. The molecule has 4 nitrogen and oxygen atoms in total. The summed E-state index contributed by atoms with van der Waals surface area (Å²) in [5, 5.41) is 15.1. The van der Waals surface area contributed by atoms with Crippen molar-refractivity contribution in [2.45, 2.75) is 25.3 Å². The predicted octanol–water partition coefficient (Wildman–Crippen LogP) is 1.27. The highest BCUT2D eigenvalue weighted by molar-refractivity contribution is 7.07. The lowest BCUT2D eigenvalue weighted by Gasteiger charge is -2.13. The van der Waals surface area contributed by atoms with Crippen molar-refractivity contribution in [3.63, 3.8) is 0 Å². The summed E-state index contributed by atoms with van der Waals surface area (Å²) in [6.07, 6.45) is 1.86. The summed E-state index contributed by atoms with van der Waals surface area (Å²) in [5.41, 5.74) is 1.13. The summed E-state index contributed by atoms with van der Waals surface area (Å²) in [6, 6.07) is 1.89. The molecule has 15 heavy (non-hydrogen) atoms. The van der Waals surface area contributed by atoms with E-state index in [2.05, 4.69) is 5.32 Å². The van der Waals surface area contributed by atoms with Gasteiger partial charge in [-0.25, -0.2) is 0 Å². The zero-order valence-corrected chi connectivity index (χ0v) is 9.00. The summed E-state index contributed by atoms with van der Waals surface area (Å²) in [6.45, 7) is 0. The smallest absolute Gasteiger partial charge is 0.303 e. The Hall–Kier alpha value is -1.36. The number of nitrogens with one attached hydrogen (secondary N) is 1. The third-order valence-corrected chi connectivity index (χ3v) is 2.80. The fourth-order valence-electron chi connectivity index (χ4n) is 1.33. The maximum Gasteiger partial charge on any atom is 0.303 e. The zero-order valence-electron chi connectivity index (χ0n) is 8.18. The summed E-state index contributed by atoms with van der Waals surface area (Å²) >= 11 is 1.59. The van der Waals surface area contributed by atoms with Crippen molar-refractivity contribution in [1.82, 2.24) is 5.32 Å². The van der Waals surface area contributed by atoms with E-state index < -0.39 is 5.97 Å². The Morgan fingerprint density at radius 3 is 3.00 bits per heavy atom. The van der Waals surface area contributed by atoms with Crippen molar-refractivity contribution >= 4 is 23.7 Å². The molecule has 0 aliphatic carbocycles. The molecule has 0 saturated heterocycles. The molecular formula is C10H13NO3S. The van der Waals surface area contributed by atoms with Crippen molar-refractivity contribution in [2.24, 2.45) is 0 Å². The lowest BCUT2D eigenvalue weighted by molar-refractivity contribution is -0.137. The van der Waals surface area contributed by atoms with E-state index in [4.69, 9.17) is 5.11 Å². The van der Waals surface area contributed by atoms with Gasteiger partial charge in [0.15, 0.2) is 0 Å². The number of aliphatic carboxylic acids is 1. The molecule has 1 rings (SSSR count). The molecule has 5 heteroatoms. The zero-order chi connectivity index (χ0) is 11.1. The van der Waals surface area contributed by atoms with Gasteiger partial charge in [0, 0.05) is 12.5 Å². The Morgan fingerprint density at radius 1 is 1.67 bits per heavy atom. The number of thiophene rings is 1. The lowest BCUT2D eigenvalue weighted by Crippen LogP contribution is -2.30. The van der Waals surface area contributed by atoms with Gasteiger partial charge in [-0.2, -0.15) is 11.3 Å². The van der Waals surface area contributed by atoms with Crippen molar-refractivity contribution in [2.75, 3.05) is 0 Å². The van der Waals surface area contributed by atoms with Crippen LogP contribution in [-0.2, 0) is 16.0 Å². The second-order valence-electron chi connectivity index (χ2n) is 3.25. The van der Waals surface area contributed by atoms with Crippen LogP contribution in [0, 0.1) is 0 Å². The minimum absolute atomic E-state index is 0.0790. The van der Waals surface area contributed by atoms with Crippen LogP contribution in [0.3, 0.4) is 0 Å². The average molecular weight is 227 g/mol. The first kappa shape index (κ1) is 11.7. The van der Waals surface area contributed by atoms with E-state index in [-0.39, 0.29) is 12.5 Å². The van der Waals surface area contributed by atoms with Crippen LogP contribution in [0.5, 0.6) is 0 Å². The van der Waals surface area contributed by atoms with Crippen LogP contribution < -0.4 is 5.32 Å². The molecule has 0 spiro atoms. The number of carbonyl (C=O) groups is 2. The molecule has 0 aliphatic heterocycles. The molecule has 0 aromatic carbocycles. The second-order valence-corrected chi connectivity index (χ2v) is 4.03. The fraction of sp³-hybridized carbons (Fsp3) is 0.400. The molecule has 2 N–H and O–H groups in total. The van der Waals surface area contributed by atoms with Crippen LogP contribution >= 0.6 is 11.3 Å². The predicted molar refractivity (Wildman–Crippen MR) is 57.9 cm³/mol. The second kappa shape index (κ2) is 6.19. The molecule has 0 aliphatic rings. The van der Waals surface area contributed by atoms with Gasteiger partial charge in [-0.05, 0) is 35.2 Å². The van der Waals surface area contributed by atoms with Crippen molar-refractivity contribution < 1.29 is 14.7 Å². The molecule has 82 valence electrons. The van der Waals surface area contributed by atoms with Gasteiger partial charge < -0.3 is 10.4 Å². The van der Waals surface area contributed by atoms with Gasteiger partial charge in [0.2, 0.25) is 6.41 Å². The van der Waals surface area contributed by atoms with Gasteiger partial charge in [-0.3, -0.25) is 9.59 Å². The van der Waals surface area contributed by atoms with E-state index >= 15 is 0 Å². The largest absolute Gasteiger partial charge is 0.481 e. The molecule has 1 amide bonds. The van der Waals surface area contributed by atoms with Crippen LogP contribution in [0.25, 0.3) is 0 Å². The highest BCUT2D eigenvalue weighted by Crippen LogP contribution is 2.11. The molecule has 0 bridgehead atoms. The number of hydrogen-bond acceptors (Lipinski definition) is 3. The normalized spacial score (nSPS) is 12.0. The fourth-order valence-corrected chi connectivity index (χ4v) is 2.01. The van der Waals surface area contributed by atoms with Gasteiger partial charge in [-0.1, -0.05) is 0 Å². The Bertz CT molecular complexity index is 310. The summed E-state index contributed by atoms with van der Waals surface area (Å²) in [5.74, 6) is -0.835. The Balaban J connectivity index is 2.42. The molecule has 0 fully saturated rings. The molecule has 0 saturated carbocycles. The van der Waals surface area contributed by atoms with Gasteiger partial charge >= 0.3 is 5.97 Å². The van der Waals surface area contributed by atoms with Crippen LogP contribution in [0.4, 0.5) is 0 Å². The Labute approximate surface area is 91.9 Å². The Kier molecular flexibility index (Phi) is 4.83. The highest BCUT2D eigenvalue weighted by atomic mass is 32.1. The third-order valence-electron chi connectivity index (χ3n) is 2.07. The molecule has 1 unspecified atom stereocenters. The minimum atomic E-state index is -0.835. The number of rotatable bonds is 7. The number of hydrogen-bond donors (Lipinski definition) is 2. The maximum atomic E-state index is 10.4. The van der Waals surface area contributed by atoms with Crippen LogP contribution in [0.2, 0.25) is 0 Å². The molecule has 1 aromatic heterocycles. The van der Waals surface area contributed by atoms with E-state index in [0.717, 1.165) is 5.56 Å². The molecule has 1 aromatic rings. The molecule has 1 heterocycles. The van der Waals surface area contributed by atoms with Crippen molar-refractivity contribution in [3.05, 3.63) is 22.4 Å². The first-order valence-electron chi connectivity index (χ1n) is 4.65. The molecule has 1 atom stereocenters. The SMILES string of the molecule is O=CNC(CCC(=O)O)Cc1ccsc1. The number of amides is 1. The van der Waals surface area contributed by atoms with E-state index in [1.807, 2.05) is 16.8 Å². The van der Waals surface area contributed by atoms with E-state index in [1.54, 1.807) is 11.3 Å². The average Bonchev–Trinajstić information content (AvgIpc) is 2.67. The lowest BCUT2D eigenvalue weighted by atomic mass is 10.0. The molecular weight excluding hydrogens is 214 g/mol. The van der Waals surface area contributed by atoms with Gasteiger partial charge in [0.25, 0.3) is 0 Å². The first-order valence-corrected chi connectivity index (χ1v) is 5.59. The first-order chi connectivity index (χ1) is 7.22. The van der Waals surface area contributed by atoms with Gasteiger partial charge in [-0.15, -0.1) is 0 Å². The number of carboxylic acid groups (broad SMARTS) is 1. The topological polar surface area (TPSA) is 66.4 Å². The van der Waals surface area contributed by atoms with E-state index in [0.29, 0.717) is 19.3 Å². The minimum Gasteiger partial charge on any atom is -0.481 e. The monoisotopic (exact) mass is 227 g/mol. The van der Waals surface area contributed by atoms with Crippen LogP contribution in [0.15, 0.2) is 16.8 Å². The number of carbonyl (C=O) groups excluding carboxylic acids is 1. The van der Waals surface area contributed by atoms with Crippen molar-refractivity contribution in [3.8, 4) is 0 Å². The van der Waals surface area contributed by atoms with Gasteiger partial charge in [0.1, 0.15) is 0 Å². The van der Waals surface area contributed by atoms with Crippen LogP contribution in [0.1, 0.15) is 18.4 Å². The summed E-state index contributed by atoms with van der Waals surface area (Å²) in [4.78, 5) is 20.7. The quantitative estimate of drug-likeness (QED) is 0.689. The third kappa shape index (κ3) is 4.60. The van der Waals surface area contributed by atoms with Gasteiger partial charge in [0.05, 0.1) is 0 Å². The summed E-state index contributed by atoms with van der Waals surface area (Å²) in [7, 11) is 0.